The van der Waals surface area contributed by atoms with Gasteiger partial charge in [-0.15, -0.1) is 11.3 Å². The Morgan fingerprint density at radius 3 is 2.63 bits per heavy atom. The Morgan fingerprint density at radius 2 is 1.95 bits per heavy atom. The number of nitrogens with zero attached hydrogens (tertiary/aromatic N) is 1. The van der Waals surface area contributed by atoms with E-state index in [-0.39, 0.29) is 5.41 Å². The second-order valence-corrected chi connectivity index (χ2v) is 6.17. The zero-order valence-corrected chi connectivity index (χ0v) is 12.8. The van der Waals surface area contributed by atoms with Gasteiger partial charge in [-0.3, -0.25) is 0 Å². The molecule has 1 aromatic heterocycles. The first kappa shape index (κ1) is 14.2. The number of hydrogen-bond donors (Lipinski definition) is 1. The summed E-state index contributed by atoms with van der Waals surface area (Å²) in [6, 6.07) is 10.6. The molecule has 0 fully saturated rings. The van der Waals surface area contributed by atoms with Gasteiger partial charge in [0.25, 0.3) is 0 Å². The van der Waals surface area contributed by atoms with Crippen LogP contribution in [0.25, 0.3) is 0 Å². The van der Waals surface area contributed by atoms with Gasteiger partial charge in [-0.2, -0.15) is 0 Å². The molecule has 0 unspecified atom stereocenters. The third-order valence-corrected chi connectivity index (χ3v) is 4.53. The van der Waals surface area contributed by atoms with Gasteiger partial charge in [-0.05, 0) is 32.4 Å². The van der Waals surface area contributed by atoms with Gasteiger partial charge in [0.15, 0.2) is 0 Å². The highest BCUT2D eigenvalue weighted by Crippen LogP contribution is 2.33. The van der Waals surface area contributed by atoms with Crippen LogP contribution in [0.15, 0.2) is 35.7 Å². The molecule has 102 valence electrons. The molecule has 2 aromatic rings. The van der Waals surface area contributed by atoms with Crippen LogP contribution in [-0.4, -0.2) is 11.5 Å². The van der Waals surface area contributed by atoms with Crippen molar-refractivity contribution in [2.45, 2.75) is 39.2 Å². The van der Waals surface area contributed by atoms with Gasteiger partial charge in [-0.25, -0.2) is 4.98 Å². The van der Waals surface area contributed by atoms with Crippen LogP contribution in [0.2, 0.25) is 0 Å². The Kier molecular flexibility index (Phi) is 4.72. The molecular weight excluding hydrogens is 252 g/mol. The number of nitrogens with one attached hydrogen (secondary N) is 1. The Hall–Kier alpha value is -1.19. The summed E-state index contributed by atoms with van der Waals surface area (Å²) in [7, 11) is 0. The smallest absolute Gasteiger partial charge is 0.103 e. The van der Waals surface area contributed by atoms with Crippen molar-refractivity contribution in [3.8, 4) is 0 Å². The number of aromatic nitrogens is 1. The minimum absolute atomic E-state index is 0.0189. The maximum absolute atomic E-state index is 4.79. The summed E-state index contributed by atoms with van der Waals surface area (Å²) >= 11 is 1.76. The predicted octanol–water partition coefficient (Wildman–Crippen LogP) is 3.97. The van der Waals surface area contributed by atoms with Gasteiger partial charge in [-0.1, -0.05) is 37.3 Å². The zero-order chi connectivity index (χ0) is 13.7. The van der Waals surface area contributed by atoms with Crippen LogP contribution < -0.4 is 5.32 Å². The van der Waals surface area contributed by atoms with Crippen molar-refractivity contribution in [3.05, 3.63) is 52.0 Å². The molecule has 2 rings (SSSR count). The molecule has 0 aliphatic heterocycles. The lowest BCUT2D eigenvalue weighted by Crippen LogP contribution is -2.19. The van der Waals surface area contributed by atoms with E-state index < -0.39 is 0 Å². The van der Waals surface area contributed by atoms with Crippen molar-refractivity contribution >= 4 is 11.3 Å². The average Bonchev–Trinajstić information content (AvgIpc) is 2.90. The molecule has 19 heavy (non-hydrogen) atoms. The van der Waals surface area contributed by atoms with Crippen LogP contribution in [0.5, 0.6) is 0 Å². The molecular formula is C16H22N2S. The van der Waals surface area contributed by atoms with E-state index in [0.29, 0.717) is 0 Å². The predicted molar refractivity (Wildman–Crippen MR) is 82.7 cm³/mol. The summed E-state index contributed by atoms with van der Waals surface area (Å²) in [6.07, 6.45) is 1.16. The number of rotatable bonds is 6. The first-order chi connectivity index (χ1) is 9.14. The van der Waals surface area contributed by atoms with Crippen molar-refractivity contribution in [2.75, 3.05) is 6.54 Å². The molecule has 0 saturated heterocycles. The molecule has 0 aliphatic carbocycles. The fourth-order valence-corrected chi connectivity index (χ4v) is 3.01. The maximum atomic E-state index is 4.79. The molecule has 0 amide bonds. The number of thiazole rings is 1. The average molecular weight is 274 g/mol. The number of benzene rings is 1. The van der Waals surface area contributed by atoms with Gasteiger partial charge >= 0.3 is 0 Å². The Bertz CT molecular complexity index is 502. The summed E-state index contributed by atoms with van der Waals surface area (Å²) in [5, 5.41) is 6.76. The Labute approximate surface area is 119 Å². The van der Waals surface area contributed by atoms with E-state index in [9.17, 15) is 0 Å². The molecule has 0 saturated carbocycles. The van der Waals surface area contributed by atoms with Crippen molar-refractivity contribution in [1.82, 2.24) is 10.3 Å². The number of hydrogen-bond acceptors (Lipinski definition) is 3. The van der Waals surface area contributed by atoms with E-state index in [1.54, 1.807) is 11.3 Å². The van der Waals surface area contributed by atoms with E-state index >= 15 is 0 Å². The van der Waals surface area contributed by atoms with Crippen molar-refractivity contribution in [3.63, 3.8) is 0 Å². The molecule has 1 aromatic carbocycles. The van der Waals surface area contributed by atoms with E-state index in [2.05, 4.69) is 61.8 Å². The molecule has 2 nitrogen and oxygen atoms in total. The van der Waals surface area contributed by atoms with Gasteiger partial charge in [0.2, 0.25) is 0 Å². The molecule has 0 bridgehead atoms. The summed E-state index contributed by atoms with van der Waals surface area (Å²) in [5.41, 5.74) is 2.45. The van der Waals surface area contributed by atoms with Crippen LogP contribution in [0.4, 0.5) is 0 Å². The minimum atomic E-state index is -0.0189. The first-order valence-electron chi connectivity index (χ1n) is 6.85. The third kappa shape index (κ3) is 3.43. The molecule has 1 N–H and O–H groups in total. The highest BCUT2D eigenvalue weighted by Gasteiger charge is 2.26. The van der Waals surface area contributed by atoms with Gasteiger partial charge < -0.3 is 5.32 Å². The van der Waals surface area contributed by atoms with Gasteiger partial charge in [0, 0.05) is 17.3 Å². The van der Waals surface area contributed by atoms with Crippen molar-refractivity contribution in [1.29, 1.82) is 0 Å². The van der Waals surface area contributed by atoms with Crippen LogP contribution in [0, 0.1) is 0 Å². The lowest BCUT2D eigenvalue weighted by molar-refractivity contribution is 0.621. The topological polar surface area (TPSA) is 24.9 Å². The van der Waals surface area contributed by atoms with Crippen LogP contribution in [0.1, 0.15) is 43.5 Å². The monoisotopic (exact) mass is 274 g/mol. The highest BCUT2D eigenvalue weighted by molar-refractivity contribution is 7.09. The second kappa shape index (κ2) is 6.31. The molecule has 0 aliphatic rings. The molecule has 0 radical (unpaired) electrons. The summed E-state index contributed by atoms with van der Waals surface area (Å²) in [4.78, 5) is 4.79. The fourth-order valence-electron chi connectivity index (χ4n) is 2.05. The minimum Gasteiger partial charge on any atom is -0.311 e. The highest BCUT2D eigenvalue weighted by atomic mass is 32.1. The molecule has 3 heteroatoms. The molecule has 0 spiro atoms. The van der Waals surface area contributed by atoms with Crippen molar-refractivity contribution < 1.29 is 0 Å². The van der Waals surface area contributed by atoms with Crippen LogP contribution in [-0.2, 0) is 12.0 Å². The second-order valence-electron chi connectivity index (χ2n) is 5.31. The van der Waals surface area contributed by atoms with E-state index in [0.717, 1.165) is 25.2 Å². The summed E-state index contributed by atoms with van der Waals surface area (Å²) in [6.45, 7) is 8.58. The quantitative estimate of drug-likeness (QED) is 0.806. The van der Waals surface area contributed by atoms with Crippen LogP contribution >= 0.6 is 11.3 Å². The third-order valence-electron chi connectivity index (χ3n) is 3.31. The zero-order valence-electron chi connectivity index (χ0n) is 11.9. The van der Waals surface area contributed by atoms with Crippen molar-refractivity contribution in [2.24, 2.45) is 0 Å². The summed E-state index contributed by atoms with van der Waals surface area (Å²) in [5.74, 6) is 0. The first-order valence-corrected chi connectivity index (χ1v) is 7.73. The van der Waals surface area contributed by atoms with E-state index in [1.807, 2.05) is 0 Å². The van der Waals surface area contributed by atoms with E-state index in [4.69, 9.17) is 4.98 Å². The molecule has 1 heterocycles. The fraction of sp³-hybridized carbons (Fsp3) is 0.438. The normalized spacial score (nSPS) is 11.7. The Balaban J connectivity index is 2.13. The van der Waals surface area contributed by atoms with Crippen LogP contribution in [0.3, 0.4) is 0 Å². The van der Waals surface area contributed by atoms with Gasteiger partial charge in [0.1, 0.15) is 5.01 Å². The van der Waals surface area contributed by atoms with Gasteiger partial charge in [0.05, 0.1) is 5.69 Å². The maximum Gasteiger partial charge on any atom is 0.103 e. The largest absolute Gasteiger partial charge is 0.311 e. The Morgan fingerprint density at radius 1 is 1.21 bits per heavy atom. The standard InChI is InChI=1S/C16H22N2S/c1-4-10-17-11-14-12-19-15(18-14)16(2,3)13-8-6-5-7-9-13/h5-9,12,17H,4,10-11H2,1-3H3. The summed E-state index contributed by atoms with van der Waals surface area (Å²) < 4.78 is 0. The lowest BCUT2D eigenvalue weighted by Gasteiger charge is -2.22. The molecule has 0 atom stereocenters. The van der Waals surface area contributed by atoms with E-state index in [1.165, 1.54) is 10.6 Å². The SMILES string of the molecule is CCCNCc1csc(C(C)(C)c2ccccc2)n1. The lowest BCUT2D eigenvalue weighted by atomic mass is 9.85.